The van der Waals surface area contributed by atoms with E-state index in [2.05, 4.69) is 57.2 Å². The van der Waals surface area contributed by atoms with E-state index in [1.54, 1.807) is 0 Å². The van der Waals surface area contributed by atoms with Crippen molar-refractivity contribution in [1.29, 1.82) is 0 Å². The van der Waals surface area contributed by atoms with E-state index in [0.717, 1.165) is 19.6 Å². The summed E-state index contributed by atoms with van der Waals surface area (Å²) in [4.78, 5) is 2.52. The van der Waals surface area contributed by atoms with Gasteiger partial charge in [0.2, 0.25) is 0 Å². The van der Waals surface area contributed by atoms with Gasteiger partial charge in [0.15, 0.2) is 0 Å². The van der Waals surface area contributed by atoms with Crippen LogP contribution in [0.4, 0.5) is 0 Å². The highest BCUT2D eigenvalue weighted by atomic mass is 15.4. The fraction of sp³-hybridized carbons (Fsp3) is 0.786. The van der Waals surface area contributed by atoms with Gasteiger partial charge in [0.25, 0.3) is 0 Å². The topological polar surface area (TPSA) is 21.1 Å². The van der Waals surface area contributed by atoms with Crippen LogP contribution in [0, 0.1) is 0 Å². The summed E-state index contributed by atoms with van der Waals surface area (Å²) in [6, 6.07) is 2.28. The zero-order chi connectivity index (χ0) is 12.8. The summed E-state index contributed by atoms with van der Waals surface area (Å²) in [5.41, 5.74) is 2.97. The SMILES string of the molecule is CC(C)(C)c1cc2n(n1)CCN(C(C)(C)C)C2. The van der Waals surface area contributed by atoms with Gasteiger partial charge in [-0.3, -0.25) is 9.58 Å². The number of rotatable bonds is 0. The lowest BCUT2D eigenvalue weighted by Gasteiger charge is -2.38. The third-order valence-electron chi connectivity index (χ3n) is 3.51. The molecular formula is C14H25N3. The molecule has 0 aromatic carbocycles. The average Bonchev–Trinajstić information content (AvgIpc) is 2.57. The first kappa shape index (κ1) is 12.6. The highest BCUT2D eigenvalue weighted by molar-refractivity contribution is 5.18. The largest absolute Gasteiger partial charge is 0.291 e. The molecule has 0 bridgehead atoms. The monoisotopic (exact) mass is 235 g/mol. The Hall–Kier alpha value is -0.830. The van der Waals surface area contributed by atoms with Crippen molar-refractivity contribution in [3.05, 3.63) is 17.5 Å². The molecule has 0 spiro atoms. The number of hydrogen-bond donors (Lipinski definition) is 0. The van der Waals surface area contributed by atoms with Crippen LogP contribution in [-0.2, 0) is 18.5 Å². The molecule has 0 amide bonds. The van der Waals surface area contributed by atoms with Crippen LogP contribution in [0.15, 0.2) is 6.07 Å². The molecule has 1 aromatic rings. The lowest BCUT2D eigenvalue weighted by molar-refractivity contribution is 0.0989. The maximum absolute atomic E-state index is 4.73. The lowest BCUT2D eigenvalue weighted by atomic mass is 9.92. The smallest absolute Gasteiger partial charge is 0.0681 e. The summed E-state index contributed by atoms with van der Waals surface area (Å²) in [6.45, 7) is 16.7. The van der Waals surface area contributed by atoms with Gasteiger partial charge in [0.1, 0.15) is 0 Å². The van der Waals surface area contributed by atoms with Gasteiger partial charge >= 0.3 is 0 Å². The quantitative estimate of drug-likeness (QED) is 0.689. The fourth-order valence-corrected chi connectivity index (χ4v) is 2.21. The standard InChI is InChI=1S/C14H25N3/c1-13(2,3)12-9-11-10-16(14(4,5)6)7-8-17(11)15-12/h9H,7-8,10H2,1-6H3. The Morgan fingerprint density at radius 1 is 1.06 bits per heavy atom. The number of nitrogens with zero attached hydrogens (tertiary/aromatic N) is 3. The third-order valence-corrected chi connectivity index (χ3v) is 3.51. The van der Waals surface area contributed by atoms with Crippen molar-refractivity contribution in [1.82, 2.24) is 14.7 Å². The zero-order valence-corrected chi connectivity index (χ0v) is 12.0. The molecule has 1 aromatic heterocycles. The average molecular weight is 235 g/mol. The Balaban J connectivity index is 2.25. The van der Waals surface area contributed by atoms with E-state index in [1.165, 1.54) is 11.4 Å². The van der Waals surface area contributed by atoms with Crippen molar-refractivity contribution < 1.29 is 0 Å². The van der Waals surface area contributed by atoms with Crippen LogP contribution in [0.3, 0.4) is 0 Å². The van der Waals surface area contributed by atoms with Crippen LogP contribution in [0.5, 0.6) is 0 Å². The van der Waals surface area contributed by atoms with E-state index in [-0.39, 0.29) is 11.0 Å². The number of hydrogen-bond acceptors (Lipinski definition) is 2. The molecule has 3 heteroatoms. The normalized spacial score (nSPS) is 18.2. The van der Waals surface area contributed by atoms with Gasteiger partial charge in [0.05, 0.1) is 17.9 Å². The Morgan fingerprint density at radius 2 is 1.71 bits per heavy atom. The molecule has 96 valence electrons. The summed E-state index contributed by atoms with van der Waals surface area (Å²) in [5.74, 6) is 0. The number of aromatic nitrogens is 2. The molecule has 0 aliphatic carbocycles. The molecule has 3 nitrogen and oxygen atoms in total. The van der Waals surface area contributed by atoms with Crippen molar-refractivity contribution in [2.75, 3.05) is 6.54 Å². The molecule has 2 heterocycles. The lowest BCUT2D eigenvalue weighted by Crippen LogP contribution is -2.45. The van der Waals surface area contributed by atoms with E-state index in [4.69, 9.17) is 5.10 Å². The van der Waals surface area contributed by atoms with Crippen LogP contribution in [0.1, 0.15) is 52.9 Å². The summed E-state index contributed by atoms with van der Waals surface area (Å²) in [7, 11) is 0. The van der Waals surface area contributed by atoms with Crippen molar-refractivity contribution in [3.8, 4) is 0 Å². The molecule has 0 radical (unpaired) electrons. The summed E-state index contributed by atoms with van der Waals surface area (Å²) in [5, 5.41) is 4.73. The summed E-state index contributed by atoms with van der Waals surface area (Å²) < 4.78 is 2.18. The maximum atomic E-state index is 4.73. The molecule has 0 saturated heterocycles. The van der Waals surface area contributed by atoms with Crippen molar-refractivity contribution in [3.63, 3.8) is 0 Å². The van der Waals surface area contributed by atoms with Gasteiger partial charge in [-0.15, -0.1) is 0 Å². The summed E-state index contributed by atoms with van der Waals surface area (Å²) in [6.07, 6.45) is 0. The first-order chi connectivity index (χ1) is 7.68. The van der Waals surface area contributed by atoms with Crippen molar-refractivity contribution >= 4 is 0 Å². The second-order valence-corrected chi connectivity index (χ2v) is 7.09. The van der Waals surface area contributed by atoms with Crippen LogP contribution in [0.25, 0.3) is 0 Å². The van der Waals surface area contributed by atoms with E-state index in [9.17, 15) is 0 Å². The molecule has 1 aliphatic heterocycles. The zero-order valence-electron chi connectivity index (χ0n) is 12.0. The van der Waals surface area contributed by atoms with Crippen LogP contribution >= 0.6 is 0 Å². The fourth-order valence-electron chi connectivity index (χ4n) is 2.21. The minimum atomic E-state index is 0.150. The molecule has 2 rings (SSSR count). The Morgan fingerprint density at radius 3 is 2.24 bits per heavy atom. The molecule has 0 saturated carbocycles. The van der Waals surface area contributed by atoms with E-state index in [1.807, 2.05) is 0 Å². The Labute approximate surface area is 105 Å². The highest BCUT2D eigenvalue weighted by Gasteiger charge is 2.28. The molecule has 1 aliphatic rings. The highest BCUT2D eigenvalue weighted by Crippen LogP contribution is 2.26. The molecule has 0 N–H and O–H groups in total. The predicted octanol–water partition coefficient (Wildman–Crippen LogP) is 2.79. The van der Waals surface area contributed by atoms with Gasteiger partial charge < -0.3 is 0 Å². The predicted molar refractivity (Wildman–Crippen MR) is 71.1 cm³/mol. The Bertz CT molecular complexity index is 404. The first-order valence-electron chi connectivity index (χ1n) is 6.50. The van der Waals surface area contributed by atoms with Gasteiger partial charge in [-0.2, -0.15) is 5.10 Å². The first-order valence-corrected chi connectivity index (χ1v) is 6.50. The van der Waals surface area contributed by atoms with E-state index in [0.29, 0.717) is 0 Å². The summed E-state index contributed by atoms with van der Waals surface area (Å²) >= 11 is 0. The van der Waals surface area contributed by atoms with Gasteiger partial charge in [-0.25, -0.2) is 0 Å². The van der Waals surface area contributed by atoms with E-state index < -0.39 is 0 Å². The Kier molecular flexibility index (Phi) is 2.85. The maximum Gasteiger partial charge on any atom is 0.0681 e. The molecule has 17 heavy (non-hydrogen) atoms. The van der Waals surface area contributed by atoms with Crippen molar-refractivity contribution in [2.45, 2.75) is 65.6 Å². The molecule has 0 unspecified atom stereocenters. The van der Waals surface area contributed by atoms with Crippen molar-refractivity contribution in [2.24, 2.45) is 0 Å². The second-order valence-electron chi connectivity index (χ2n) is 7.09. The molecular weight excluding hydrogens is 210 g/mol. The minimum absolute atomic E-state index is 0.150. The molecule has 0 atom stereocenters. The van der Waals surface area contributed by atoms with Crippen LogP contribution in [-0.4, -0.2) is 26.8 Å². The van der Waals surface area contributed by atoms with Gasteiger partial charge in [-0.05, 0) is 26.8 Å². The second kappa shape index (κ2) is 3.84. The number of fused-ring (bicyclic) bond motifs is 1. The third kappa shape index (κ3) is 2.54. The van der Waals surface area contributed by atoms with Crippen LogP contribution in [0.2, 0.25) is 0 Å². The van der Waals surface area contributed by atoms with Gasteiger partial charge in [-0.1, -0.05) is 20.8 Å². The van der Waals surface area contributed by atoms with E-state index >= 15 is 0 Å². The van der Waals surface area contributed by atoms with Crippen LogP contribution < -0.4 is 0 Å². The van der Waals surface area contributed by atoms with Gasteiger partial charge in [0, 0.05) is 24.0 Å². The molecule has 0 fully saturated rings. The minimum Gasteiger partial charge on any atom is -0.291 e.